The number of carbonyl (C=O) groups excluding carboxylic acids is 1. The number of thiophene rings is 1. The molecule has 0 fully saturated rings. The normalized spacial score (nSPS) is 8.50. The molecule has 2 nitrogen and oxygen atoms in total. The lowest BCUT2D eigenvalue weighted by Crippen LogP contribution is -1.82. The second kappa shape index (κ2) is 2.47. The summed E-state index contributed by atoms with van der Waals surface area (Å²) in [5.74, 6) is 0. The van der Waals surface area contributed by atoms with Crippen LogP contribution in [0.5, 0.6) is 5.06 Å². The van der Waals surface area contributed by atoms with Crippen molar-refractivity contribution in [3.8, 4) is 5.06 Å². The predicted molar refractivity (Wildman–Crippen MR) is 29.8 cm³/mol. The summed E-state index contributed by atoms with van der Waals surface area (Å²) in [6, 6.07) is 4.40. The van der Waals surface area contributed by atoms with Gasteiger partial charge in [0.1, 0.15) is 0 Å². The lowest BCUT2D eigenvalue weighted by Gasteiger charge is -1.83. The van der Waals surface area contributed by atoms with Crippen molar-refractivity contribution in [1.29, 1.82) is 0 Å². The van der Waals surface area contributed by atoms with Crippen molar-refractivity contribution >= 4 is 17.8 Å². The molecule has 1 radical (unpaired) electrons. The van der Waals surface area contributed by atoms with Crippen LogP contribution in [0.15, 0.2) is 11.4 Å². The molecule has 0 atom stereocenters. The van der Waals surface area contributed by atoms with Crippen LogP contribution >= 0.6 is 11.3 Å². The van der Waals surface area contributed by atoms with E-state index in [1.807, 2.05) is 0 Å². The molecular formula is C5H3O2S. The highest BCUT2D eigenvalue weighted by Crippen LogP contribution is 2.15. The third-order valence-electron chi connectivity index (χ3n) is 0.599. The molecule has 0 spiro atoms. The smallest absolute Gasteiger partial charge is 0.299 e. The summed E-state index contributed by atoms with van der Waals surface area (Å²) in [6.07, 6.45) is 0. The van der Waals surface area contributed by atoms with Crippen LogP contribution in [0.1, 0.15) is 0 Å². The van der Waals surface area contributed by atoms with Gasteiger partial charge in [0.2, 0.25) is 0 Å². The van der Waals surface area contributed by atoms with Gasteiger partial charge in [-0.1, -0.05) is 0 Å². The Labute approximate surface area is 50.7 Å². The average Bonchev–Trinajstić information content (AvgIpc) is 2.19. The van der Waals surface area contributed by atoms with E-state index in [1.165, 1.54) is 11.3 Å². The Bertz CT molecular complexity index is 157. The molecule has 0 bridgehead atoms. The Kier molecular flexibility index (Phi) is 1.64. The Morgan fingerprint density at radius 1 is 1.88 bits per heavy atom. The summed E-state index contributed by atoms with van der Waals surface area (Å²) in [5, 5.41) is 2.30. The number of hydrogen-bond donors (Lipinski definition) is 0. The summed E-state index contributed by atoms with van der Waals surface area (Å²) in [5.41, 5.74) is 0. The molecule has 0 saturated carbocycles. The minimum Gasteiger partial charge on any atom is -0.417 e. The third kappa shape index (κ3) is 1.07. The zero-order valence-corrected chi connectivity index (χ0v) is 4.77. The van der Waals surface area contributed by atoms with Crippen molar-refractivity contribution in [2.45, 2.75) is 0 Å². The molecule has 1 heterocycles. The maximum atomic E-state index is 9.64. The molecule has 1 aromatic rings. The summed E-state index contributed by atoms with van der Waals surface area (Å²) in [7, 11) is 0. The maximum absolute atomic E-state index is 9.64. The van der Waals surface area contributed by atoms with Crippen LogP contribution in [0, 0.1) is 6.07 Å². The number of ether oxygens (including phenoxy) is 1. The van der Waals surface area contributed by atoms with Crippen LogP contribution in [0.25, 0.3) is 0 Å². The van der Waals surface area contributed by atoms with Crippen LogP contribution in [0.3, 0.4) is 0 Å². The Balaban J connectivity index is 2.62. The Morgan fingerprint density at radius 2 is 2.75 bits per heavy atom. The fourth-order valence-electron chi connectivity index (χ4n) is 0.337. The molecule has 0 aliphatic rings. The fourth-order valence-corrected chi connectivity index (χ4v) is 0.828. The van der Waals surface area contributed by atoms with Gasteiger partial charge >= 0.3 is 0 Å². The summed E-state index contributed by atoms with van der Waals surface area (Å²) in [6.45, 7) is 0.391. The van der Waals surface area contributed by atoms with Crippen molar-refractivity contribution in [2.75, 3.05) is 0 Å². The van der Waals surface area contributed by atoms with Gasteiger partial charge in [-0.15, -0.1) is 11.3 Å². The molecule has 1 rings (SSSR count). The maximum Gasteiger partial charge on any atom is 0.299 e. The molecule has 41 valence electrons. The monoisotopic (exact) mass is 127 g/mol. The topological polar surface area (TPSA) is 26.3 Å². The summed E-state index contributed by atoms with van der Waals surface area (Å²) >= 11 is 1.34. The van der Waals surface area contributed by atoms with E-state index < -0.39 is 0 Å². The lowest BCUT2D eigenvalue weighted by atomic mass is 10.7. The van der Waals surface area contributed by atoms with Crippen molar-refractivity contribution < 1.29 is 9.53 Å². The Hall–Kier alpha value is -0.830. The van der Waals surface area contributed by atoms with Gasteiger partial charge in [-0.2, -0.15) is 0 Å². The van der Waals surface area contributed by atoms with Crippen LogP contribution in [0.4, 0.5) is 0 Å². The van der Waals surface area contributed by atoms with E-state index in [9.17, 15) is 4.79 Å². The zero-order chi connectivity index (χ0) is 5.82. The molecule has 0 unspecified atom stereocenters. The van der Waals surface area contributed by atoms with E-state index in [-0.39, 0.29) is 0 Å². The van der Waals surface area contributed by atoms with E-state index in [0.29, 0.717) is 11.5 Å². The minimum atomic E-state index is 0.391. The van der Waals surface area contributed by atoms with Crippen molar-refractivity contribution in [1.82, 2.24) is 0 Å². The highest BCUT2D eigenvalue weighted by atomic mass is 32.1. The van der Waals surface area contributed by atoms with Crippen LogP contribution < -0.4 is 4.74 Å². The van der Waals surface area contributed by atoms with E-state index in [2.05, 4.69) is 10.8 Å². The van der Waals surface area contributed by atoms with Gasteiger partial charge in [0.25, 0.3) is 6.47 Å². The number of rotatable bonds is 2. The summed E-state index contributed by atoms with van der Waals surface area (Å²) < 4.78 is 4.43. The van der Waals surface area contributed by atoms with Crippen LogP contribution in [0.2, 0.25) is 0 Å². The average molecular weight is 127 g/mol. The van der Waals surface area contributed by atoms with E-state index in [0.717, 1.165) is 0 Å². The van der Waals surface area contributed by atoms with Gasteiger partial charge in [0.05, 0.1) is 0 Å². The van der Waals surface area contributed by atoms with Crippen molar-refractivity contribution in [3.05, 3.63) is 17.5 Å². The van der Waals surface area contributed by atoms with Crippen LogP contribution in [-0.4, -0.2) is 6.47 Å². The molecule has 0 aliphatic carbocycles. The van der Waals surface area contributed by atoms with E-state index in [4.69, 9.17) is 0 Å². The molecular weight excluding hydrogens is 124 g/mol. The van der Waals surface area contributed by atoms with E-state index >= 15 is 0 Å². The quantitative estimate of drug-likeness (QED) is 0.556. The molecule has 0 amide bonds. The second-order valence-electron chi connectivity index (χ2n) is 1.07. The van der Waals surface area contributed by atoms with Gasteiger partial charge in [0, 0.05) is 6.07 Å². The fraction of sp³-hybridized carbons (Fsp3) is 0. The SMILES string of the molecule is O=COc1[c]ccs1. The van der Waals surface area contributed by atoms with Gasteiger partial charge in [-0.25, -0.2) is 0 Å². The molecule has 0 aromatic carbocycles. The molecule has 8 heavy (non-hydrogen) atoms. The number of carbonyl (C=O) groups is 1. The molecule has 1 aromatic heterocycles. The molecule has 3 heteroatoms. The largest absolute Gasteiger partial charge is 0.417 e. The first-order valence-corrected chi connectivity index (χ1v) is 2.87. The third-order valence-corrected chi connectivity index (χ3v) is 1.30. The first-order chi connectivity index (χ1) is 3.93. The van der Waals surface area contributed by atoms with Gasteiger partial charge in [-0.05, 0) is 11.4 Å². The predicted octanol–water partition coefficient (Wildman–Crippen LogP) is 1.08. The first-order valence-electron chi connectivity index (χ1n) is 1.99. The van der Waals surface area contributed by atoms with Gasteiger partial charge < -0.3 is 4.74 Å². The summed E-state index contributed by atoms with van der Waals surface area (Å²) in [4.78, 5) is 9.64. The minimum absolute atomic E-state index is 0.391. The molecule has 0 N–H and O–H groups in total. The Morgan fingerprint density at radius 3 is 3.25 bits per heavy atom. The lowest BCUT2D eigenvalue weighted by molar-refractivity contribution is -0.120. The highest BCUT2D eigenvalue weighted by molar-refractivity contribution is 7.11. The van der Waals surface area contributed by atoms with Gasteiger partial charge in [-0.3, -0.25) is 4.79 Å². The second-order valence-corrected chi connectivity index (χ2v) is 1.95. The zero-order valence-electron chi connectivity index (χ0n) is 3.96. The van der Waals surface area contributed by atoms with Gasteiger partial charge in [0.15, 0.2) is 5.06 Å². The van der Waals surface area contributed by atoms with Crippen molar-refractivity contribution in [2.24, 2.45) is 0 Å². The molecule has 0 aliphatic heterocycles. The standard InChI is InChI=1S/C5H3O2S/c6-4-7-5-2-1-3-8-5/h1,3-4H. The van der Waals surface area contributed by atoms with E-state index in [1.54, 1.807) is 11.4 Å². The van der Waals surface area contributed by atoms with Crippen LogP contribution in [-0.2, 0) is 4.79 Å². The number of hydrogen-bond acceptors (Lipinski definition) is 3. The van der Waals surface area contributed by atoms with Crippen molar-refractivity contribution in [3.63, 3.8) is 0 Å². The molecule has 0 saturated heterocycles. The first kappa shape index (κ1) is 5.31. The highest BCUT2D eigenvalue weighted by Gasteiger charge is 1.88.